The van der Waals surface area contributed by atoms with Gasteiger partial charge in [0.05, 0.1) is 0 Å². The second-order valence-corrected chi connectivity index (χ2v) is 11.4. The number of rotatable bonds is 16. The summed E-state index contributed by atoms with van der Waals surface area (Å²) in [6.45, 7) is 5.41. The summed E-state index contributed by atoms with van der Waals surface area (Å²) in [5, 5.41) is 17.1. The van der Waals surface area contributed by atoms with Gasteiger partial charge in [-0.05, 0) is 52.0 Å². The van der Waals surface area contributed by atoms with Gasteiger partial charge >= 0.3 is 18.2 Å². The van der Waals surface area contributed by atoms with Crippen LogP contribution in [0.4, 0.5) is 9.59 Å². The van der Waals surface area contributed by atoms with E-state index in [1.807, 2.05) is 18.2 Å². The first-order valence-electron chi connectivity index (χ1n) is 14.8. The summed E-state index contributed by atoms with van der Waals surface area (Å²) in [5.74, 6) is -2.31. The SMILES string of the molecule is CC(C)(C)OC(=O)NCCCCCC(=O)NCCCC1C(=O)N(CC(=O)O)CCN1C(=O)CNC(=O)OCc1ccccc1. The van der Waals surface area contributed by atoms with Crippen molar-refractivity contribution in [3.8, 4) is 0 Å². The van der Waals surface area contributed by atoms with Gasteiger partial charge < -0.3 is 40.3 Å². The van der Waals surface area contributed by atoms with Crippen molar-refractivity contribution >= 4 is 35.9 Å². The molecule has 1 unspecified atom stereocenters. The first-order valence-corrected chi connectivity index (χ1v) is 14.8. The number of unbranched alkanes of at least 4 members (excludes halogenated alkanes) is 2. The number of amides is 5. The normalized spacial score (nSPS) is 14.9. The fourth-order valence-electron chi connectivity index (χ4n) is 4.46. The average molecular weight is 620 g/mol. The summed E-state index contributed by atoms with van der Waals surface area (Å²) >= 11 is 0. The lowest BCUT2D eigenvalue weighted by molar-refractivity contribution is -0.155. The zero-order valence-electron chi connectivity index (χ0n) is 25.8. The van der Waals surface area contributed by atoms with Crippen LogP contribution in [0.25, 0.3) is 0 Å². The molecule has 1 atom stereocenters. The molecule has 2 rings (SSSR count). The van der Waals surface area contributed by atoms with Crippen LogP contribution in [0.15, 0.2) is 30.3 Å². The van der Waals surface area contributed by atoms with Gasteiger partial charge in [0.15, 0.2) is 0 Å². The third-order valence-electron chi connectivity index (χ3n) is 6.55. The van der Waals surface area contributed by atoms with Crippen molar-refractivity contribution in [3.05, 3.63) is 35.9 Å². The number of carbonyl (C=O) groups is 6. The largest absolute Gasteiger partial charge is 0.480 e. The molecule has 1 saturated heterocycles. The summed E-state index contributed by atoms with van der Waals surface area (Å²) in [6.07, 6.45) is 1.70. The molecule has 1 aliphatic rings. The van der Waals surface area contributed by atoms with Gasteiger partial charge in [0.2, 0.25) is 17.7 Å². The number of carboxylic acids is 1. The first kappa shape index (κ1) is 35.8. The highest BCUT2D eigenvalue weighted by atomic mass is 16.6. The van der Waals surface area contributed by atoms with E-state index < -0.39 is 48.2 Å². The molecule has 14 nitrogen and oxygen atoms in total. The van der Waals surface area contributed by atoms with E-state index in [1.165, 1.54) is 9.80 Å². The second-order valence-electron chi connectivity index (χ2n) is 11.4. The quantitative estimate of drug-likeness (QED) is 0.201. The van der Waals surface area contributed by atoms with Crippen LogP contribution in [-0.2, 0) is 35.3 Å². The minimum Gasteiger partial charge on any atom is -0.480 e. The van der Waals surface area contributed by atoms with E-state index in [0.29, 0.717) is 32.2 Å². The van der Waals surface area contributed by atoms with Crippen LogP contribution in [0.2, 0.25) is 0 Å². The zero-order chi connectivity index (χ0) is 32.5. The van der Waals surface area contributed by atoms with Crippen molar-refractivity contribution in [2.24, 2.45) is 0 Å². The average Bonchev–Trinajstić information content (AvgIpc) is 2.95. The fourth-order valence-corrected chi connectivity index (χ4v) is 4.46. The number of benzene rings is 1. The van der Waals surface area contributed by atoms with Gasteiger partial charge in [-0.1, -0.05) is 36.8 Å². The number of piperazine rings is 1. The fraction of sp³-hybridized carbons (Fsp3) is 0.600. The zero-order valence-corrected chi connectivity index (χ0v) is 25.8. The molecule has 1 aromatic rings. The predicted molar refractivity (Wildman–Crippen MR) is 159 cm³/mol. The van der Waals surface area contributed by atoms with Crippen molar-refractivity contribution in [1.82, 2.24) is 25.8 Å². The van der Waals surface area contributed by atoms with Crippen molar-refractivity contribution in [2.45, 2.75) is 77.5 Å². The van der Waals surface area contributed by atoms with E-state index in [1.54, 1.807) is 32.9 Å². The van der Waals surface area contributed by atoms with Crippen LogP contribution >= 0.6 is 0 Å². The molecule has 0 bridgehead atoms. The molecule has 1 heterocycles. The van der Waals surface area contributed by atoms with Gasteiger partial charge in [0.1, 0.15) is 31.3 Å². The van der Waals surface area contributed by atoms with E-state index >= 15 is 0 Å². The number of carboxylic acid groups (broad SMARTS) is 1. The molecule has 44 heavy (non-hydrogen) atoms. The molecule has 1 aromatic carbocycles. The Morgan fingerprint density at radius 1 is 0.909 bits per heavy atom. The third kappa shape index (κ3) is 14.2. The number of hydrogen-bond donors (Lipinski definition) is 4. The Balaban J connectivity index is 1.75. The van der Waals surface area contributed by atoms with Crippen LogP contribution < -0.4 is 16.0 Å². The molecule has 0 saturated carbocycles. The van der Waals surface area contributed by atoms with Gasteiger partial charge in [-0.3, -0.25) is 19.2 Å². The summed E-state index contributed by atoms with van der Waals surface area (Å²) in [7, 11) is 0. The Morgan fingerprint density at radius 2 is 1.61 bits per heavy atom. The maximum Gasteiger partial charge on any atom is 0.407 e. The molecule has 0 radical (unpaired) electrons. The second kappa shape index (κ2) is 18.3. The lowest BCUT2D eigenvalue weighted by Gasteiger charge is -2.40. The molecule has 5 amide bonds. The standard InChI is InChI=1S/C30H45N5O9/c1-30(2,3)44-29(42)32-15-9-5-8-14-24(36)31-16-10-13-23-27(40)34(20-26(38)39)17-18-35(23)25(37)19-33-28(41)43-21-22-11-6-4-7-12-22/h4,6-7,11-12,23H,5,8-10,13-21H2,1-3H3,(H,31,36)(H,32,42)(H,33,41)(H,38,39). The van der Waals surface area contributed by atoms with Gasteiger partial charge in [0.25, 0.3) is 0 Å². The topological polar surface area (TPSA) is 184 Å². The van der Waals surface area contributed by atoms with E-state index in [4.69, 9.17) is 9.47 Å². The highest BCUT2D eigenvalue weighted by Crippen LogP contribution is 2.17. The maximum absolute atomic E-state index is 13.1. The lowest BCUT2D eigenvalue weighted by atomic mass is 10.0. The Labute approximate surface area is 257 Å². The van der Waals surface area contributed by atoms with E-state index in [-0.39, 0.29) is 45.1 Å². The van der Waals surface area contributed by atoms with E-state index in [0.717, 1.165) is 12.0 Å². The Kier molecular flexibility index (Phi) is 14.9. The van der Waals surface area contributed by atoms with Crippen molar-refractivity contribution in [3.63, 3.8) is 0 Å². The number of carbonyl (C=O) groups excluding carboxylic acids is 5. The van der Waals surface area contributed by atoms with Crippen LogP contribution in [0.1, 0.15) is 64.9 Å². The molecule has 14 heteroatoms. The molecular formula is C30H45N5O9. The molecular weight excluding hydrogens is 574 g/mol. The van der Waals surface area contributed by atoms with E-state index in [9.17, 15) is 33.9 Å². The molecule has 244 valence electrons. The predicted octanol–water partition coefficient (Wildman–Crippen LogP) is 2.02. The molecule has 4 N–H and O–H groups in total. The van der Waals surface area contributed by atoms with Crippen LogP contribution in [0, 0.1) is 0 Å². The molecule has 1 fully saturated rings. The smallest absolute Gasteiger partial charge is 0.407 e. The Hall–Kier alpha value is -4.36. The number of aliphatic carboxylic acids is 1. The monoisotopic (exact) mass is 619 g/mol. The van der Waals surface area contributed by atoms with Crippen molar-refractivity contribution in [2.75, 3.05) is 39.3 Å². The van der Waals surface area contributed by atoms with Crippen LogP contribution in [0.3, 0.4) is 0 Å². The lowest BCUT2D eigenvalue weighted by Crippen LogP contribution is -2.60. The van der Waals surface area contributed by atoms with Crippen molar-refractivity contribution in [1.29, 1.82) is 0 Å². The maximum atomic E-state index is 13.1. The summed E-state index contributed by atoms with van der Waals surface area (Å²) in [6, 6.07) is 8.12. The third-order valence-corrected chi connectivity index (χ3v) is 6.55. The minimum atomic E-state index is -1.16. The highest BCUT2D eigenvalue weighted by molar-refractivity contribution is 5.92. The molecule has 1 aliphatic heterocycles. The Bertz CT molecular complexity index is 1120. The van der Waals surface area contributed by atoms with E-state index in [2.05, 4.69) is 16.0 Å². The van der Waals surface area contributed by atoms with Gasteiger partial charge in [0, 0.05) is 32.6 Å². The van der Waals surface area contributed by atoms with Crippen LogP contribution in [-0.4, -0.2) is 102 Å². The molecule has 0 aromatic heterocycles. The van der Waals surface area contributed by atoms with Gasteiger partial charge in [-0.2, -0.15) is 0 Å². The minimum absolute atomic E-state index is 0.0346. The summed E-state index contributed by atoms with van der Waals surface area (Å²) in [5.41, 5.74) is 0.224. The Morgan fingerprint density at radius 3 is 2.30 bits per heavy atom. The summed E-state index contributed by atoms with van der Waals surface area (Å²) in [4.78, 5) is 75.8. The first-order chi connectivity index (χ1) is 20.9. The van der Waals surface area contributed by atoms with Gasteiger partial charge in [-0.15, -0.1) is 0 Å². The van der Waals surface area contributed by atoms with Crippen LogP contribution in [0.5, 0.6) is 0 Å². The number of alkyl carbamates (subject to hydrolysis) is 2. The number of nitrogens with one attached hydrogen (secondary N) is 3. The molecule has 0 spiro atoms. The number of ether oxygens (including phenoxy) is 2. The summed E-state index contributed by atoms with van der Waals surface area (Å²) < 4.78 is 10.3. The molecule has 0 aliphatic carbocycles. The van der Waals surface area contributed by atoms with Crippen molar-refractivity contribution < 1.29 is 43.3 Å². The number of nitrogens with zero attached hydrogens (tertiary/aromatic N) is 2. The number of hydrogen-bond acceptors (Lipinski definition) is 8. The highest BCUT2D eigenvalue weighted by Gasteiger charge is 2.37. The van der Waals surface area contributed by atoms with Gasteiger partial charge in [-0.25, -0.2) is 9.59 Å².